The van der Waals surface area contributed by atoms with Crippen LogP contribution in [-0.4, -0.2) is 9.97 Å². The molecule has 11 aromatic rings. The van der Waals surface area contributed by atoms with Gasteiger partial charge in [-0.05, 0) is 56.6 Å². The Morgan fingerprint density at radius 1 is 0.404 bits per heavy atom. The molecule has 3 nitrogen and oxygen atoms in total. The van der Waals surface area contributed by atoms with Crippen LogP contribution in [0.2, 0.25) is 0 Å². The van der Waals surface area contributed by atoms with Crippen LogP contribution in [0.3, 0.4) is 0 Å². The molecule has 0 aliphatic rings. The van der Waals surface area contributed by atoms with E-state index in [2.05, 4.69) is 152 Å². The molecule has 0 unspecified atom stereocenters. The summed E-state index contributed by atoms with van der Waals surface area (Å²) in [5, 5.41) is 8.17. The predicted octanol–water partition coefficient (Wildman–Crippen LogP) is 13.7. The van der Waals surface area contributed by atoms with Gasteiger partial charge >= 0.3 is 0 Å². The monoisotopic (exact) mass is 680 g/mol. The Morgan fingerprint density at radius 3 is 1.79 bits per heavy atom. The number of aromatic nitrogens is 2. The fraction of sp³-hybridized carbons (Fsp3) is 0. The van der Waals surface area contributed by atoms with Gasteiger partial charge in [0, 0.05) is 36.7 Å². The van der Waals surface area contributed by atoms with Crippen molar-refractivity contribution < 1.29 is 4.42 Å². The van der Waals surface area contributed by atoms with E-state index < -0.39 is 0 Å². The molecule has 0 N–H and O–H groups in total. The van der Waals surface area contributed by atoms with Crippen molar-refractivity contribution in [2.75, 3.05) is 0 Å². The minimum absolute atomic E-state index is 0.673. The van der Waals surface area contributed by atoms with Crippen LogP contribution in [0, 0.1) is 0 Å². The van der Waals surface area contributed by atoms with Crippen molar-refractivity contribution in [3.05, 3.63) is 170 Å². The topological polar surface area (TPSA) is 38.9 Å². The first-order chi connectivity index (χ1) is 25.8. The third-order valence-corrected chi connectivity index (χ3v) is 11.5. The SMILES string of the molecule is c1ccc(-c2nc(-c3cccc(-c4cccc(-c5cccc6c5sc5ccccc56)c4)c3)c3oc4c5ccccc5c5ccccc5c4c3n2)cc1. The quantitative estimate of drug-likeness (QED) is 0.174. The number of thiophene rings is 1. The van der Waals surface area contributed by atoms with Crippen LogP contribution >= 0.6 is 11.3 Å². The minimum atomic E-state index is 0.673. The summed E-state index contributed by atoms with van der Waals surface area (Å²) in [4.78, 5) is 10.5. The lowest BCUT2D eigenvalue weighted by Gasteiger charge is -2.10. The zero-order valence-corrected chi connectivity index (χ0v) is 28.7. The van der Waals surface area contributed by atoms with Crippen LogP contribution in [0.15, 0.2) is 174 Å². The molecule has 0 aliphatic heterocycles. The van der Waals surface area contributed by atoms with Gasteiger partial charge in [0.25, 0.3) is 0 Å². The standard InChI is InChI=1S/C48H28N2OS/c1-2-13-29(14-3-1)48-49-43(46-44(50-48)42-38-22-6-4-19-35(38)36-20-5-7-23-39(36)45(42)51-46)33-18-11-16-31(28-33)30-15-10-17-32(27-30)34-24-12-25-40-37-21-8-9-26-41(37)52-47(34)40/h1-28H. The van der Waals surface area contributed by atoms with Crippen molar-refractivity contribution in [1.82, 2.24) is 9.97 Å². The lowest BCUT2D eigenvalue weighted by Crippen LogP contribution is -1.94. The Bertz CT molecular complexity index is 3190. The molecule has 3 aromatic heterocycles. The highest BCUT2D eigenvalue weighted by atomic mass is 32.1. The zero-order valence-electron chi connectivity index (χ0n) is 27.9. The van der Waals surface area contributed by atoms with Gasteiger partial charge in [-0.15, -0.1) is 11.3 Å². The molecule has 3 heterocycles. The number of furan rings is 1. The molecule has 0 spiro atoms. The molecule has 0 amide bonds. The maximum atomic E-state index is 6.91. The van der Waals surface area contributed by atoms with Gasteiger partial charge in [0.2, 0.25) is 0 Å². The van der Waals surface area contributed by atoms with E-state index in [4.69, 9.17) is 14.4 Å². The minimum Gasteiger partial charge on any atom is -0.451 e. The summed E-state index contributed by atoms with van der Waals surface area (Å²) in [5.41, 5.74) is 9.79. The number of benzene rings is 8. The maximum Gasteiger partial charge on any atom is 0.180 e. The molecule has 0 saturated carbocycles. The normalized spacial score (nSPS) is 11.8. The van der Waals surface area contributed by atoms with E-state index in [-0.39, 0.29) is 0 Å². The van der Waals surface area contributed by atoms with E-state index in [0.717, 1.165) is 60.6 Å². The summed E-state index contributed by atoms with van der Waals surface area (Å²) in [7, 11) is 0. The summed E-state index contributed by atoms with van der Waals surface area (Å²) in [6.45, 7) is 0. The first-order valence-corrected chi connectivity index (χ1v) is 18.3. The predicted molar refractivity (Wildman–Crippen MR) is 219 cm³/mol. The van der Waals surface area contributed by atoms with Crippen molar-refractivity contribution in [3.63, 3.8) is 0 Å². The van der Waals surface area contributed by atoms with Gasteiger partial charge < -0.3 is 4.42 Å². The van der Waals surface area contributed by atoms with Gasteiger partial charge in [-0.1, -0.05) is 152 Å². The number of hydrogen-bond acceptors (Lipinski definition) is 4. The fourth-order valence-corrected chi connectivity index (χ4v) is 9.11. The maximum absolute atomic E-state index is 6.91. The van der Waals surface area contributed by atoms with Crippen molar-refractivity contribution >= 4 is 75.1 Å². The Kier molecular flexibility index (Phi) is 6.42. The highest BCUT2D eigenvalue weighted by Crippen LogP contribution is 2.44. The lowest BCUT2D eigenvalue weighted by atomic mass is 9.96. The van der Waals surface area contributed by atoms with Crippen LogP contribution < -0.4 is 0 Å². The van der Waals surface area contributed by atoms with Gasteiger partial charge in [0.1, 0.15) is 16.8 Å². The second-order valence-corrected chi connectivity index (χ2v) is 14.3. The fourth-order valence-electron chi connectivity index (χ4n) is 7.87. The number of nitrogens with zero attached hydrogens (tertiary/aromatic N) is 2. The van der Waals surface area contributed by atoms with Gasteiger partial charge in [-0.3, -0.25) is 0 Å². The van der Waals surface area contributed by atoms with Crippen molar-refractivity contribution in [2.45, 2.75) is 0 Å². The van der Waals surface area contributed by atoms with Crippen molar-refractivity contribution in [1.29, 1.82) is 0 Å². The molecule has 0 atom stereocenters. The smallest absolute Gasteiger partial charge is 0.180 e. The van der Waals surface area contributed by atoms with E-state index >= 15 is 0 Å². The Labute approximate surface area is 303 Å². The van der Waals surface area contributed by atoms with Gasteiger partial charge in [-0.25, -0.2) is 9.97 Å². The molecule has 242 valence electrons. The van der Waals surface area contributed by atoms with Crippen LogP contribution in [0.1, 0.15) is 0 Å². The first-order valence-electron chi connectivity index (χ1n) is 17.5. The summed E-state index contributed by atoms with van der Waals surface area (Å²) < 4.78 is 9.54. The molecule has 11 rings (SSSR count). The third-order valence-electron chi connectivity index (χ3n) is 10.3. The lowest BCUT2D eigenvalue weighted by molar-refractivity contribution is 0.671. The number of rotatable bonds is 4. The van der Waals surface area contributed by atoms with Gasteiger partial charge in [0.15, 0.2) is 11.4 Å². The summed E-state index contributed by atoms with van der Waals surface area (Å²) in [5.74, 6) is 0.673. The van der Waals surface area contributed by atoms with Gasteiger partial charge in [0.05, 0.1) is 5.39 Å². The molecule has 0 radical (unpaired) electrons. The van der Waals surface area contributed by atoms with Crippen molar-refractivity contribution in [3.8, 4) is 44.9 Å². The highest BCUT2D eigenvalue weighted by Gasteiger charge is 2.22. The summed E-state index contributed by atoms with van der Waals surface area (Å²) in [6, 6.07) is 60.1. The average molecular weight is 681 g/mol. The molecule has 0 fully saturated rings. The Balaban J connectivity index is 1.13. The van der Waals surface area contributed by atoms with Crippen molar-refractivity contribution in [2.24, 2.45) is 0 Å². The number of fused-ring (bicyclic) bond motifs is 11. The highest BCUT2D eigenvalue weighted by molar-refractivity contribution is 7.26. The average Bonchev–Trinajstić information content (AvgIpc) is 3.80. The van der Waals surface area contributed by atoms with E-state index in [1.807, 2.05) is 29.5 Å². The molecule has 52 heavy (non-hydrogen) atoms. The largest absolute Gasteiger partial charge is 0.451 e. The molecule has 4 heteroatoms. The summed E-state index contributed by atoms with van der Waals surface area (Å²) in [6.07, 6.45) is 0. The molecule has 0 aliphatic carbocycles. The van der Waals surface area contributed by atoms with E-state index in [1.54, 1.807) is 0 Å². The van der Waals surface area contributed by atoms with Gasteiger partial charge in [-0.2, -0.15) is 0 Å². The van der Waals surface area contributed by atoms with Crippen LogP contribution in [0.25, 0.3) is 109 Å². The molecular formula is C48H28N2OS. The third kappa shape index (κ3) is 4.45. The second-order valence-electron chi connectivity index (χ2n) is 13.3. The van der Waals surface area contributed by atoms with E-state index in [9.17, 15) is 0 Å². The second kappa shape index (κ2) is 11.5. The summed E-state index contributed by atoms with van der Waals surface area (Å²) >= 11 is 1.86. The molecular weight excluding hydrogens is 653 g/mol. The molecule has 8 aromatic carbocycles. The molecule has 0 saturated heterocycles. The zero-order chi connectivity index (χ0) is 34.2. The van der Waals surface area contributed by atoms with Crippen LogP contribution in [0.4, 0.5) is 0 Å². The van der Waals surface area contributed by atoms with Crippen LogP contribution in [0.5, 0.6) is 0 Å². The number of hydrogen-bond donors (Lipinski definition) is 0. The Hall–Kier alpha value is -6.62. The van der Waals surface area contributed by atoms with E-state index in [1.165, 1.54) is 36.7 Å². The first kappa shape index (κ1) is 29.1. The molecule has 0 bridgehead atoms. The van der Waals surface area contributed by atoms with Crippen LogP contribution in [-0.2, 0) is 0 Å². The van der Waals surface area contributed by atoms with E-state index in [0.29, 0.717) is 11.4 Å². The Morgan fingerprint density at radius 2 is 0.981 bits per heavy atom.